The normalized spacial score (nSPS) is 35.0. The number of ether oxygens (including phenoxy) is 1. The van der Waals surface area contributed by atoms with E-state index in [1.165, 1.54) is 16.2 Å². The first-order valence-corrected chi connectivity index (χ1v) is 9.89. The van der Waals surface area contributed by atoms with Crippen LogP contribution in [0.1, 0.15) is 30.7 Å². The Balaban J connectivity index is 1.53. The molecule has 112 valence electrons. The van der Waals surface area contributed by atoms with Crippen molar-refractivity contribution in [2.24, 2.45) is 5.92 Å². The highest BCUT2D eigenvalue weighted by atomic mass is 32.2. The van der Waals surface area contributed by atoms with Crippen molar-refractivity contribution >= 4 is 29.3 Å². The van der Waals surface area contributed by atoms with E-state index < -0.39 is 0 Å². The first kappa shape index (κ1) is 14.2. The molecule has 2 nitrogen and oxygen atoms in total. The molecule has 4 rings (SSSR count). The molecule has 0 bridgehead atoms. The van der Waals surface area contributed by atoms with Crippen LogP contribution in [0, 0.1) is 5.92 Å². The zero-order valence-corrected chi connectivity index (χ0v) is 13.7. The summed E-state index contributed by atoms with van der Waals surface area (Å²) in [6.45, 7) is 0.762. The van der Waals surface area contributed by atoms with Crippen LogP contribution >= 0.6 is 23.5 Å². The van der Waals surface area contributed by atoms with Crippen molar-refractivity contribution in [2.75, 3.05) is 23.9 Å². The van der Waals surface area contributed by atoms with Crippen molar-refractivity contribution in [2.45, 2.75) is 35.7 Å². The molecule has 2 saturated heterocycles. The third kappa shape index (κ3) is 2.55. The van der Waals surface area contributed by atoms with Gasteiger partial charge in [-0.25, -0.2) is 0 Å². The van der Waals surface area contributed by atoms with Gasteiger partial charge in [0.1, 0.15) is 5.78 Å². The van der Waals surface area contributed by atoms with Crippen molar-refractivity contribution in [1.82, 2.24) is 0 Å². The maximum absolute atomic E-state index is 13.0. The summed E-state index contributed by atoms with van der Waals surface area (Å²) in [5.41, 5.74) is 1.27. The second-order valence-corrected chi connectivity index (χ2v) is 8.49. The Hall–Kier alpha value is -0.450. The number of rotatable bonds is 2. The lowest BCUT2D eigenvalue weighted by atomic mass is 9.78. The third-order valence-electron chi connectivity index (χ3n) is 5.01. The highest BCUT2D eigenvalue weighted by Gasteiger charge is 2.44. The molecule has 1 aromatic carbocycles. The van der Waals surface area contributed by atoms with Crippen molar-refractivity contribution in [3.8, 4) is 0 Å². The predicted octanol–water partition coefficient (Wildman–Crippen LogP) is 3.75. The van der Waals surface area contributed by atoms with Gasteiger partial charge in [0, 0.05) is 28.9 Å². The Labute approximate surface area is 134 Å². The van der Waals surface area contributed by atoms with Crippen molar-refractivity contribution in [3.63, 3.8) is 0 Å². The third-order valence-corrected chi connectivity index (χ3v) is 7.41. The number of benzene rings is 1. The molecule has 0 N–H and O–H groups in total. The van der Waals surface area contributed by atoms with Gasteiger partial charge in [-0.1, -0.05) is 18.2 Å². The minimum absolute atomic E-state index is 0.00844. The van der Waals surface area contributed by atoms with Gasteiger partial charge in [-0.05, 0) is 36.6 Å². The molecule has 3 unspecified atom stereocenters. The van der Waals surface area contributed by atoms with Crippen LogP contribution < -0.4 is 0 Å². The monoisotopic (exact) mass is 320 g/mol. The first-order chi connectivity index (χ1) is 10.3. The van der Waals surface area contributed by atoms with Crippen LogP contribution in [0.15, 0.2) is 29.2 Å². The Morgan fingerprint density at radius 1 is 1.33 bits per heavy atom. The van der Waals surface area contributed by atoms with Gasteiger partial charge in [0.25, 0.3) is 0 Å². The van der Waals surface area contributed by atoms with E-state index in [4.69, 9.17) is 4.74 Å². The van der Waals surface area contributed by atoms with Gasteiger partial charge in [0.15, 0.2) is 0 Å². The molecule has 1 spiro atoms. The first-order valence-electron chi connectivity index (χ1n) is 7.75. The van der Waals surface area contributed by atoms with Crippen LogP contribution in [0.4, 0.5) is 0 Å². The molecule has 0 amide bonds. The van der Waals surface area contributed by atoms with Crippen molar-refractivity contribution < 1.29 is 9.53 Å². The molecular weight excluding hydrogens is 300 g/mol. The van der Waals surface area contributed by atoms with E-state index in [-0.39, 0.29) is 17.4 Å². The van der Waals surface area contributed by atoms with Gasteiger partial charge in [-0.15, -0.1) is 11.8 Å². The van der Waals surface area contributed by atoms with Gasteiger partial charge >= 0.3 is 0 Å². The fourth-order valence-electron chi connectivity index (χ4n) is 3.82. The molecule has 0 aromatic heterocycles. The standard InChI is InChI=1S/C17H20O2S2/c18-16(14-10-21-15-4-2-1-3-13(14)15)12-5-7-19-17(9-12)6-8-20-11-17/h1-4,12,14H,5-11H2. The molecule has 1 aromatic rings. The molecule has 21 heavy (non-hydrogen) atoms. The van der Waals surface area contributed by atoms with Gasteiger partial charge in [0.2, 0.25) is 0 Å². The van der Waals surface area contributed by atoms with Gasteiger partial charge in [0.05, 0.1) is 11.5 Å². The summed E-state index contributed by atoms with van der Waals surface area (Å²) in [7, 11) is 0. The minimum atomic E-state index is 0.00844. The molecule has 0 aliphatic carbocycles. The summed E-state index contributed by atoms with van der Waals surface area (Å²) in [6.07, 6.45) is 2.98. The number of carbonyl (C=O) groups is 1. The lowest BCUT2D eigenvalue weighted by Gasteiger charge is -2.37. The van der Waals surface area contributed by atoms with E-state index >= 15 is 0 Å². The SMILES string of the molecule is O=C(C1CCOC2(CCSC2)C1)C1CSc2ccccc21. The summed E-state index contributed by atoms with van der Waals surface area (Å²) in [5.74, 6) is 3.97. The summed E-state index contributed by atoms with van der Waals surface area (Å²) in [4.78, 5) is 14.3. The maximum atomic E-state index is 13.0. The van der Waals surface area contributed by atoms with Gasteiger partial charge < -0.3 is 4.74 Å². The lowest BCUT2D eigenvalue weighted by molar-refractivity contribution is -0.135. The molecule has 3 aliphatic heterocycles. The molecule has 3 heterocycles. The number of ketones is 1. The summed E-state index contributed by atoms with van der Waals surface area (Å²) in [5, 5.41) is 0. The molecular formula is C17H20O2S2. The number of Topliss-reactive ketones (excluding diaryl/α,β-unsaturated/α-hetero) is 1. The van der Waals surface area contributed by atoms with E-state index in [0.717, 1.165) is 37.4 Å². The molecule has 3 aliphatic rings. The molecule has 3 atom stereocenters. The van der Waals surface area contributed by atoms with Crippen LogP contribution in [-0.2, 0) is 9.53 Å². The molecule has 0 saturated carbocycles. The lowest BCUT2D eigenvalue weighted by Crippen LogP contribution is -2.43. The van der Waals surface area contributed by atoms with Gasteiger partial charge in [-0.2, -0.15) is 11.8 Å². The topological polar surface area (TPSA) is 26.3 Å². The van der Waals surface area contributed by atoms with Crippen LogP contribution in [0.2, 0.25) is 0 Å². The van der Waals surface area contributed by atoms with Crippen molar-refractivity contribution in [1.29, 1.82) is 0 Å². The average molecular weight is 320 g/mol. The van der Waals surface area contributed by atoms with E-state index in [0.29, 0.717) is 5.78 Å². The highest BCUT2D eigenvalue weighted by molar-refractivity contribution is 7.99. The Morgan fingerprint density at radius 3 is 3.10 bits per heavy atom. The number of carbonyl (C=O) groups excluding carboxylic acids is 1. The molecule has 0 radical (unpaired) electrons. The summed E-state index contributed by atoms with van der Waals surface area (Å²) < 4.78 is 6.06. The second kappa shape index (κ2) is 5.64. The summed E-state index contributed by atoms with van der Waals surface area (Å²) >= 11 is 3.81. The molecule has 2 fully saturated rings. The second-order valence-electron chi connectivity index (χ2n) is 6.33. The zero-order chi connectivity index (χ0) is 14.3. The Kier molecular flexibility index (Phi) is 3.80. The smallest absolute Gasteiger partial charge is 0.144 e. The largest absolute Gasteiger partial charge is 0.374 e. The van der Waals surface area contributed by atoms with Crippen LogP contribution in [0.5, 0.6) is 0 Å². The highest BCUT2D eigenvalue weighted by Crippen LogP contribution is 2.45. The van der Waals surface area contributed by atoms with E-state index in [1.54, 1.807) is 0 Å². The van der Waals surface area contributed by atoms with Crippen LogP contribution in [0.3, 0.4) is 0 Å². The molecule has 4 heteroatoms. The summed E-state index contributed by atoms with van der Waals surface area (Å²) in [6, 6.07) is 8.41. The maximum Gasteiger partial charge on any atom is 0.144 e. The van der Waals surface area contributed by atoms with Crippen molar-refractivity contribution in [3.05, 3.63) is 29.8 Å². The number of hydrogen-bond acceptors (Lipinski definition) is 4. The fraction of sp³-hybridized carbons (Fsp3) is 0.588. The zero-order valence-electron chi connectivity index (χ0n) is 12.0. The van der Waals surface area contributed by atoms with E-state index in [1.807, 2.05) is 23.5 Å². The average Bonchev–Trinajstić information content (AvgIpc) is 3.14. The Bertz CT molecular complexity index is 551. The van der Waals surface area contributed by atoms with E-state index in [9.17, 15) is 4.79 Å². The van der Waals surface area contributed by atoms with Crippen LogP contribution in [0.25, 0.3) is 0 Å². The number of fused-ring (bicyclic) bond motifs is 1. The van der Waals surface area contributed by atoms with Gasteiger partial charge in [-0.3, -0.25) is 4.79 Å². The Morgan fingerprint density at radius 2 is 2.24 bits per heavy atom. The predicted molar refractivity (Wildman–Crippen MR) is 88.3 cm³/mol. The minimum Gasteiger partial charge on any atom is -0.374 e. The fourth-order valence-corrected chi connectivity index (χ4v) is 6.44. The number of thioether (sulfide) groups is 2. The number of hydrogen-bond donors (Lipinski definition) is 0. The quantitative estimate of drug-likeness (QED) is 0.829. The van der Waals surface area contributed by atoms with E-state index in [2.05, 4.69) is 24.3 Å². The van der Waals surface area contributed by atoms with Crippen LogP contribution in [-0.4, -0.2) is 35.2 Å².